The summed E-state index contributed by atoms with van der Waals surface area (Å²) in [5.41, 5.74) is 11.0. The highest BCUT2D eigenvalue weighted by Crippen LogP contribution is 2.25. The summed E-state index contributed by atoms with van der Waals surface area (Å²) < 4.78 is 0. The van der Waals surface area contributed by atoms with E-state index in [2.05, 4.69) is 10.2 Å². The lowest BCUT2D eigenvalue weighted by Crippen LogP contribution is -2.27. The maximum atomic E-state index is 11.3. The summed E-state index contributed by atoms with van der Waals surface area (Å²) >= 11 is 1.20. The minimum absolute atomic E-state index is 0.0105. The summed E-state index contributed by atoms with van der Waals surface area (Å²) in [4.78, 5) is 12.9. The van der Waals surface area contributed by atoms with Crippen molar-refractivity contribution < 1.29 is 4.79 Å². The van der Waals surface area contributed by atoms with E-state index in [-0.39, 0.29) is 11.9 Å². The first-order valence-electron chi connectivity index (χ1n) is 3.82. The van der Waals surface area contributed by atoms with Crippen molar-refractivity contribution in [1.82, 2.24) is 10.2 Å². The molecule has 1 aromatic rings. The first-order chi connectivity index (χ1) is 6.16. The Hall–Kier alpha value is -1.21. The van der Waals surface area contributed by atoms with Gasteiger partial charge in [-0.15, -0.1) is 10.2 Å². The molecule has 0 bridgehead atoms. The number of nitrogen functional groups attached to an aromatic ring is 1. The van der Waals surface area contributed by atoms with E-state index in [0.717, 1.165) is 0 Å². The monoisotopic (exact) mass is 199 g/mol. The summed E-state index contributed by atoms with van der Waals surface area (Å²) in [5.74, 6) is -0.0105. The Balaban J connectivity index is 2.22. The molecule has 0 aliphatic carbocycles. The molecule has 1 aliphatic rings. The van der Waals surface area contributed by atoms with E-state index in [1.54, 1.807) is 0 Å². The molecule has 0 aromatic carbocycles. The van der Waals surface area contributed by atoms with E-state index in [4.69, 9.17) is 11.5 Å². The Morgan fingerprint density at radius 2 is 2.31 bits per heavy atom. The van der Waals surface area contributed by atoms with Gasteiger partial charge in [0.25, 0.3) is 0 Å². The smallest absolute Gasteiger partial charge is 0.230 e. The molecule has 0 saturated carbocycles. The van der Waals surface area contributed by atoms with E-state index in [1.807, 2.05) is 0 Å². The average molecular weight is 199 g/mol. The van der Waals surface area contributed by atoms with Crippen molar-refractivity contribution in [1.29, 1.82) is 0 Å². The minimum atomic E-state index is -0.0994. The number of hydrogen-bond acceptors (Lipinski definition) is 6. The summed E-state index contributed by atoms with van der Waals surface area (Å²) in [7, 11) is 0. The fraction of sp³-hybridized carbons (Fsp3) is 0.500. The van der Waals surface area contributed by atoms with Crippen molar-refractivity contribution in [2.24, 2.45) is 5.73 Å². The van der Waals surface area contributed by atoms with Crippen molar-refractivity contribution in [2.45, 2.75) is 12.5 Å². The van der Waals surface area contributed by atoms with E-state index in [1.165, 1.54) is 16.2 Å². The maximum absolute atomic E-state index is 11.3. The van der Waals surface area contributed by atoms with Crippen LogP contribution < -0.4 is 16.4 Å². The zero-order valence-electron chi connectivity index (χ0n) is 6.80. The van der Waals surface area contributed by atoms with Crippen LogP contribution in [0.2, 0.25) is 0 Å². The molecule has 2 rings (SSSR count). The Bertz CT molecular complexity index is 338. The van der Waals surface area contributed by atoms with Gasteiger partial charge >= 0.3 is 0 Å². The Morgan fingerprint density at radius 1 is 1.54 bits per heavy atom. The van der Waals surface area contributed by atoms with Crippen LogP contribution in [0, 0.1) is 0 Å². The van der Waals surface area contributed by atoms with Gasteiger partial charge in [0, 0.05) is 19.0 Å². The third-order valence-corrected chi connectivity index (χ3v) is 2.59. The standard InChI is InChI=1S/C6H9N5OS/c7-3-1-4(12)11(2-3)6-10-9-5(8)13-6/h3H,1-2,7H2,(H2,8,9). The molecular weight excluding hydrogens is 190 g/mol. The molecule has 1 saturated heterocycles. The summed E-state index contributed by atoms with van der Waals surface area (Å²) in [6.07, 6.45) is 0.374. The predicted octanol–water partition coefficient (Wildman–Crippen LogP) is -0.816. The number of nitrogens with two attached hydrogens (primary N) is 2. The number of nitrogens with zero attached hydrogens (tertiary/aromatic N) is 3. The van der Waals surface area contributed by atoms with Gasteiger partial charge in [-0.25, -0.2) is 0 Å². The van der Waals surface area contributed by atoms with E-state index in [9.17, 15) is 4.79 Å². The van der Waals surface area contributed by atoms with E-state index >= 15 is 0 Å². The van der Waals surface area contributed by atoms with Crippen LogP contribution in [0.25, 0.3) is 0 Å². The largest absolute Gasteiger partial charge is 0.374 e. The normalized spacial score (nSPS) is 22.7. The molecule has 1 fully saturated rings. The van der Waals surface area contributed by atoms with Gasteiger partial charge < -0.3 is 11.5 Å². The number of carbonyl (C=O) groups excluding carboxylic acids is 1. The average Bonchev–Trinajstić information content (AvgIpc) is 2.58. The molecule has 1 unspecified atom stereocenters. The number of hydrogen-bond donors (Lipinski definition) is 2. The lowest BCUT2D eigenvalue weighted by molar-refractivity contribution is -0.117. The fourth-order valence-electron chi connectivity index (χ4n) is 1.26. The third kappa shape index (κ3) is 1.47. The Morgan fingerprint density at radius 3 is 2.77 bits per heavy atom. The molecular formula is C6H9N5OS. The molecule has 1 aromatic heterocycles. The SMILES string of the molecule is Nc1nnc(N2CC(N)CC2=O)s1. The molecule has 1 aliphatic heterocycles. The molecule has 7 heteroatoms. The highest BCUT2D eigenvalue weighted by atomic mass is 32.1. The van der Waals surface area contributed by atoms with Crippen molar-refractivity contribution in [3.05, 3.63) is 0 Å². The highest BCUT2D eigenvalue weighted by Gasteiger charge is 2.30. The fourth-order valence-corrected chi connectivity index (χ4v) is 1.89. The summed E-state index contributed by atoms with van der Waals surface area (Å²) in [6, 6.07) is -0.0994. The van der Waals surface area contributed by atoms with Crippen LogP contribution in [0.5, 0.6) is 0 Å². The van der Waals surface area contributed by atoms with Gasteiger partial charge in [-0.3, -0.25) is 9.69 Å². The van der Waals surface area contributed by atoms with Gasteiger partial charge in [0.1, 0.15) is 0 Å². The van der Waals surface area contributed by atoms with Crippen LogP contribution in [0.15, 0.2) is 0 Å². The molecule has 2 heterocycles. The quantitative estimate of drug-likeness (QED) is 0.616. The number of anilines is 2. The number of amides is 1. The van der Waals surface area contributed by atoms with Gasteiger partial charge in [0.15, 0.2) is 0 Å². The lowest BCUT2D eigenvalue weighted by atomic mass is 10.3. The highest BCUT2D eigenvalue weighted by molar-refractivity contribution is 7.19. The second-order valence-electron chi connectivity index (χ2n) is 2.89. The molecule has 0 spiro atoms. The lowest BCUT2D eigenvalue weighted by Gasteiger charge is -2.09. The molecule has 1 amide bonds. The molecule has 4 N–H and O–H groups in total. The minimum Gasteiger partial charge on any atom is -0.374 e. The van der Waals surface area contributed by atoms with Crippen LogP contribution in [0.1, 0.15) is 6.42 Å². The maximum Gasteiger partial charge on any atom is 0.230 e. The van der Waals surface area contributed by atoms with Crippen molar-refractivity contribution in [3.63, 3.8) is 0 Å². The zero-order chi connectivity index (χ0) is 9.42. The van der Waals surface area contributed by atoms with E-state index < -0.39 is 0 Å². The second kappa shape index (κ2) is 2.93. The van der Waals surface area contributed by atoms with Gasteiger partial charge in [-0.2, -0.15) is 0 Å². The zero-order valence-corrected chi connectivity index (χ0v) is 7.62. The van der Waals surface area contributed by atoms with Gasteiger partial charge in [-0.05, 0) is 0 Å². The molecule has 1 atom stereocenters. The van der Waals surface area contributed by atoms with Crippen molar-refractivity contribution >= 4 is 27.5 Å². The first kappa shape index (κ1) is 8.39. The Labute approximate surface area is 78.5 Å². The molecule has 6 nitrogen and oxygen atoms in total. The first-order valence-corrected chi connectivity index (χ1v) is 4.63. The van der Waals surface area contributed by atoms with Crippen LogP contribution in [-0.2, 0) is 4.79 Å². The number of aromatic nitrogens is 2. The Kier molecular flexibility index (Phi) is 1.89. The van der Waals surface area contributed by atoms with Gasteiger partial charge in [0.2, 0.25) is 16.2 Å². The van der Waals surface area contributed by atoms with Gasteiger partial charge in [-0.1, -0.05) is 11.3 Å². The number of rotatable bonds is 1. The third-order valence-electron chi connectivity index (χ3n) is 1.82. The summed E-state index contributed by atoms with van der Waals surface area (Å²) in [6.45, 7) is 0.507. The van der Waals surface area contributed by atoms with Crippen LogP contribution in [-0.4, -0.2) is 28.7 Å². The van der Waals surface area contributed by atoms with Crippen LogP contribution >= 0.6 is 11.3 Å². The van der Waals surface area contributed by atoms with Crippen molar-refractivity contribution in [3.8, 4) is 0 Å². The second-order valence-corrected chi connectivity index (χ2v) is 3.88. The van der Waals surface area contributed by atoms with Crippen LogP contribution in [0.4, 0.5) is 10.3 Å². The number of carbonyl (C=O) groups is 1. The molecule has 70 valence electrons. The van der Waals surface area contributed by atoms with Crippen LogP contribution in [0.3, 0.4) is 0 Å². The molecule has 0 radical (unpaired) electrons. The topological polar surface area (TPSA) is 98.1 Å². The van der Waals surface area contributed by atoms with Gasteiger partial charge in [0.05, 0.1) is 0 Å². The molecule has 13 heavy (non-hydrogen) atoms. The van der Waals surface area contributed by atoms with Crippen molar-refractivity contribution in [2.75, 3.05) is 17.2 Å². The van der Waals surface area contributed by atoms with E-state index in [0.29, 0.717) is 23.2 Å². The predicted molar refractivity (Wildman–Crippen MR) is 49.3 cm³/mol. The summed E-state index contributed by atoms with van der Waals surface area (Å²) in [5, 5.41) is 8.31.